The molecular formula is C21H21Cl2NO3. The van der Waals surface area contributed by atoms with Crippen LogP contribution in [0.4, 0.5) is 5.69 Å². The summed E-state index contributed by atoms with van der Waals surface area (Å²) in [7, 11) is 0. The number of rotatable bonds is 4. The maximum Gasteiger partial charge on any atom is 0.349 e. The summed E-state index contributed by atoms with van der Waals surface area (Å²) >= 11 is 12.3. The van der Waals surface area contributed by atoms with Crippen LogP contribution in [-0.4, -0.2) is 18.5 Å². The molecule has 0 fully saturated rings. The lowest BCUT2D eigenvalue weighted by Crippen LogP contribution is -2.25. The minimum atomic E-state index is -0.607. The van der Waals surface area contributed by atoms with Crippen LogP contribution in [0.3, 0.4) is 0 Å². The lowest BCUT2D eigenvalue weighted by Gasteiger charge is -2.21. The zero-order valence-electron chi connectivity index (χ0n) is 15.4. The number of ether oxygens (including phenoxy) is 1. The molecule has 0 N–H and O–H groups in total. The average Bonchev–Trinajstić information content (AvgIpc) is 2.96. The predicted octanol–water partition coefficient (Wildman–Crippen LogP) is 5.60. The lowest BCUT2D eigenvalue weighted by atomic mass is 9.92. The molecule has 4 nitrogen and oxygen atoms in total. The van der Waals surface area contributed by atoms with Gasteiger partial charge in [0.15, 0.2) is 0 Å². The number of esters is 1. The van der Waals surface area contributed by atoms with E-state index < -0.39 is 5.97 Å². The van der Waals surface area contributed by atoms with E-state index in [2.05, 4.69) is 0 Å². The van der Waals surface area contributed by atoms with Crippen molar-refractivity contribution in [3.63, 3.8) is 0 Å². The fraction of sp³-hybridized carbons (Fsp3) is 0.333. The van der Waals surface area contributed by atoms with E-state index in [1.165, 1.54) is 6.08 Å². The third-order valence-corrected chi connectivity index (χ3v) is 5.35. The highest BCUT2D eigenvalue weighted by Gasteiger charge is 2.36. The smallest absolute Gasteiger partial charge is 0.349 e. The number of allylic oxidation sites excluding steroid dienone is 2. The van der Waals surface area contributed by atoms with Crippen LogP contribution in [0, 0.1) is 0 Å². The zero-order chi connectivity index (χ0) is 19.6. The summed E-state index contributed by atoms with van der Waals surface area (Å²) in [6.45, 7) is 3.89. The SMILES string of the molecule is CC=C1C2=C(CCCC2)C(=O)N1c1ccc(Cl)c(C=C(Cl)C(=O)OCC)c1. The molecule has 142 valence electrons. The summed E-state index contributed by atoms with van der Waals surface area (Å²) < 4.78 is 4.90. The van der Waals surface area contributed by atoms with Crippen molar-refractivity contribution in [1.29, 1.82) is 0 Å². The van der Waals surface area contributed by atoms with E-state index in [1.54, 1.807) is 30.0 Å². The number of benzene rings is 1. The Morgan fingerprint density at radius 2 is 1.96 bits per heavy atom. The average molecular weight is 406 g/mol. The van der Waals surface area contributed by atoms with Crippen molar-refractivity contribution < 1.29 is 14.3 Å². The largest absolute Gasteiger partial charge is 0.462 e. The van der Waals surface area contributed by atoms with Gasteiger partial charge in [-0.15, -0.1) is 0 Å². The van der Waals surface area contributed by atoms with Crippen molar-refractivity contribution in [2.45, 2.75) is 39.5 Å². The quantitative estimate of drug-likeness (QED) is 0.483. The molecule has 0 aromatic heterocycles. The molecule has 1 aromatic rings. The molecule has 1 aliphatic carbocycles. The van der Waals surface area contributed by atoms with Crippen LogP contribution in [0.25, 0.3) is 6.08 Å². The van der Waals surface area contributed by atoms with Gasteiger partial charge in [0.2, 0.25) is 0 Å². The molecule has 0 spiro atoms. The summed E-state index contributed by atoms with van der Waals surface area (Å²) in [6.07, 6.45) is 7.32. The van der Waals surface area contributed by atoms with E-state index >= 15 is 0 Å². The Hall–Kier alpha value is -2.04. The van der Waals surface area contributed by atoms with Crippen LogP contribution in [-0.2, 0) is 14.3 Å². The Kier molecular flexibility index (Phi) is 6.08. The van der Waals surface area contributed by atoms with Crippen LogP contribution in [0.1, 0.15) is 45.1 Å². The Balaban J connectivity index is 1.98. The first-order valence-electron chi connectivity index (χ1n) is 9.05. The first-order chi connectivity index (χ1) is 13.0. The fourth-order valence-electron chi connectivity index (χ4n) is 3.54. The third kappa shape index (κ3) is 3.83. The second-order valence-corrected chi connectivity index (χ2v) is 7.21. The highest BCUT2D eigenvalue weighted by Crippen LogP contribution is 2.42. The van der Waals surface area contributed by atoms with Gasteiger partial charge in [-0.3, -0.25) is 9.69 Å². The van der Waals surface area contributed by atoms with Gasteiger partial charge in [-0.2, -0.15) is 0 Å². The van der Waals surface area contributed by atoms with Crippen LogP contribution < -0.4 is 4.90 Å². The van der Waals surface area contributed by atoms with E-state index in [9.17, 15) is 9.59 Å². The molecular weight excluding hydrogens is 385 g/mol. The maximum absolute atomic E-state index is 13.0. The number of anilines is 1. The van der Waals surface area contributed by atoms with Gasteiger partial charge >= 0.3 is 5.97 Å². The minimum absolute atomic E-state index is 0.0199. The van der Waals surface area contributed by atoms with Crippen molar-refractivity contribution in [3.05, 3.63) is 56.7 Å². The number of hydrogen-bond donors (Lipinski definition) is 0. The van der Waals surface area contributed by atoms with Gasteiger partial charge in [0.25, 0.3) is 5.91 Å². The molecule has 1 aromatic carbocycles. The number of carbonyl (C=O) groups excluding carboxylic acids is 2. The van der Waals surface area contributed by atoms with Gasteiger partial charge in [-0.25, -0.2) is 4.79 Å². The highest BCUT2D eigenvalue weighted by molar-refractivity contribution is 6.43. The molecule has 1 heterocycles. The number of halogens is 2. The monoisotopic (exact) mass is 405 g/mol. The van der Waals surface area contributed by atoms with Gasteiger partial charge in [0, 0.05) is 22.0 Å². The maximum atomic E-state index is 13.0. The van der Waals surface area contributed by atoms with Crippen molar-refractivity contribution in [2.75, 3.05) is 11.5 Å². The first kappa shape index (κ1) is 19.7. The predicted molar refractivity (Wildman–Crippen MR) is 109 cm³/mol. The number of nitrogens with zero attached hydrogens (tertiary/aromatic N) is 1. The third-order valence-electron chi connectivity index (χ3n) is 4.74. The first-order valence-corrected chi connectivity index (χ1v) is 9.80. The summed E-state index contributed by atoms with van der Waals surface area (Å²) in [5.74, 6) is -0.587. The van der Waals surface area contributed by atoms with Gasteiger partial charge in [-0.1, -0.05) is 29.3 Å². The Labute approximate surface area is 169 Å². The van der Waals surface area contributed by atoms with Gasteiger partial charge in [0.05, 0.1) is 6.61 Å². The second-order valence-electron chi connectivity index (χ2n) is 6.40. The molecule has 0 unspecified atom stereocenters. The van der Waals surface area contributed by atoms with E-state index in [-0.39, 0.29) is 17.5 Å². The van der Waals surface area contributed by atoms with Gasteiger partial charge in [0.1, 0.15) is 5.03 Å². The Morgan fingerprint density at radius 3 is 2.63 bits per heavy atom. The molecule has 0 saturated heterocycles. The molecule has 6 heteroatoms. The topological polar surface area (TPSA) is 46.6 Å². The van der Waals surface area contributed by atoms with Gasteiger partial charge in [-0.05, 0) is 74.9 Å². The van der Waals surface area contributed by atoms with Crippen molar-refractivity contribution in [1.82, 2.24) is 0 Å². The van der Waals surface area contributed by atoms with Crippen LogP contribution >= 0.6 is 23.2 Å². The number of amides is 1. The second kappa shape index (κ2) is 8.32. The van der Waals surface area contributed by atoms with E-state index in [1.807, 2.05) is 13.0 Å². The van der Waals surface area contributed by atoms with Crippen molar-refractivity contribution >= 4 is 46.8 Å². The summed E-state index contributed by atoms with van der Waals surface area (Å²) in [4.78, 5) is 26.5. The number of hydrogen-bond acceptors (Lipinski definition) is 3. The summed E-state index contributed by atoms with van der Waals surface area (Å²) in [5.41, 5.74) is 4.24. The zero-order valence-corrected chi connectivity index (χ0v) is 16.9. The minimum Gasteiger partial charge on any atom is -0.462 e. The van der Waals surface area contributed by atoms with Crippen LogP contribution in [0.2, 0.25) is 5.02 Å². The summed E-state index contributed by atoms with van der Waals surface area (Å²) in [6, 6.07) is 5.28. The van der Waals surface area contributed by atoms with Crippen LogP contribution in [0.15, 0.2) is 46.2 Å². The molecule has 1 aliphatic heterocycles. The van der Waals surface area contributed by atoms with Gasteiger partial charge < -0.3 is 4.74 Å². The Bertz CT molecular complexity index is 883. The Morgan fingerprint density at radius 1 is 1.26 bits per heavy atom. The van der Waals surface area contributed by atoms with Crippen molar-refractivity contribution in [2.24, 2.45) is 0 Å². The molecule has 2 aliphatic rings. The van der Waals surface area contributed by atoms with Crippen LogP contribution in [0.5, 0.6) is 0 Å². The normalized spacial score (nSPS) is 19.0. The molecule has 0 bridgehead atoms. The highest BCUT2D eigenvalue weighted by atomic mass is 35.5. The van der Waals surface area contributed by atoms with E-state index in [4.69, 9.17) is 27.9 Å². The molecule has 27 heavy (non-hydrogen) atoms. The molecule has 1 amide bonds. The molecule has 3 rings (SSSR count). The standard InChI is InChI=1S/C21H21Cl2NO3/c1-3-19-15-7-5-6-8-16(15)20(25)24(19)14-9-10-17(22)13(11-14)12-18(23)21(26)27-4-2/h3,9-12H,4-8H2,1-2H3. The number of carbonyl (C=O) groups is 2. The van der Waals surface area contributed by atoms with E-state index in [0.29, 0.717) is 16.3 Å². The molecule has 0 atom stereocenters. The molecule has 0 radical (unpaired) electrons. The fourth-order valence-corrected chi connectivity index (χ4v) is 3.88. The van der Waals surface area contributed by atoms with Crippen molar-refractivity contribution in [3.8, 4) is 0 Å². The molecule has 0 saturated carbocycles. The van der Waals surface area contributed by atoms with E-state index in [0.717, 1.165) is 42.5 Å². The summed E-state index contributed by atoms with van der Waals surface area (Å²) in [5, 5.41) is 0.375. The lowest BCUT2D eigenvalue weighted by molar-refractivity contribution is -0.137.